The van der Waals surface area contributed by atoms with Gasteiger partial charge in [-0.25, -0.2) is 172 Å². The predicted molar refractivity (Wildman–Crippen MR) is 337 cm³/mol. The quantitative estimate of drug-likeness (QED) is 0.0405. The topological polar surface area (TPSA) is 4.44 Å². The molecule has 0 heterocycles. The lowest BCUT2D eigenvalue weighted by Gasteiger charge is -2.48. The zero-order chi connectivity index (χ0) is 93.6. The van der Waals surface area contributed by atoms with Crippen LogP contribution in [-0.4, -0.2) is 31.6 Å². The average Bonchev–Trinajstić information content (AvgIpc) is 0.644. The van der Waals surface area contributed by atoms with Gasteiger partial charge >= 0.3 is 24.3 Å². The van der Waals surface area contributed by atoms with Crippen molar-refractivity contribution in [2.24, 2.45) is 0 Å². The fraction of sp³-hybridized carbons (Fsp3) is 0.0667. The van der Waals surface area contributed by atoms with Gasteiger partial charge in [0.05, 0.1) is 71.7 Å². The monoisotopic (exact) mass is 1860 g/mol. The molecule has 0 fully saturated rings. The van der Waals surface area contributed by atoms with Gasteiger partial charge in [-0.1, -0.05) is 0 Å². The van der Waals surface area contributed by atoms with Gasteiger partial charge < -0.3 is 0 Å². The molecular weight excluding hydrogens is 1860 g/mol. The minimum Gasteiger partial charge on any atom is -0.233 e. The molecule has 0 aliphatic rings. The van der Waals surface area contributed by atoms with Gasteiger partial charge in [0, 0.05) is 49.2 Å². The van der Waals surface area contributed by atoms with Crippen molar-refractivity contribution in [1.29, 1.82) is 0 Å². The Morgan fingerprint density at radius 1 is 0.175 bits per heavy atom. The Kier molecular flexibility index (Phi) is 18.5. The first kappa shape index (κ1) is 87.0. The van der Waals surface area contributed by atoms with E-state index in [4.69, 9.17) is 0 Å². The summed E-state index contributed by atoms with van der Waals surface area (Å²) in [5, 5.41) is -71.3. The van der Waals surface area contributed by atoms with Crippen LogP contribution in [0.2, 0.25) is 0 Å². The molecule has 0 radical (unpaired) electrons. The lowest BCUT2D eigenvalue weighted by atomic mass is 9.11. The summed E-state index contributed by atoms with van der Waals surface area (Å²) < 4.78 is 787. The van der Waals surface area contributed by atoms with E-state index in [9.17, 15) is 57.1 Å². The third-order valence-electron chi connectivity index (χ3n) is 21.8. The summed E-state index contributed by atoms with van der Waals surface area (Å²) in [5.41, 5.74) is -21.5. The predicted octanol–water partition coefficient (Wildman–Crippen LogP) is 23.7. The Morgan fingerprint density at radius 2 is 0.325 bits per heavy atom. The minimum absolute atomic E-state index is 0.182. The highest BCUT2D eigenvalue weighted by atomic mass is 19.4. The van der Waals surface area contributed by atoms with Gasteiger partial charge in [-0.05, 0) is 21.5 Å². The highest BCUT2D eigenvalue weighted by Crippen LogP contribution is 2.55. The number of hydrogen-bond donors (Lipinski definition) is 1. The molecule has 1 unspecified atom stereocenters. The van der Waals surface area contributed by atoms with Gasteiger partial charge in [0.2, 0.25) is 0 Å². The summed E-state index contributed by atoms with van der Waals surface area (Å²) in [6.07, 6.45) is -21.6. The molecule has 0 aliphatic heterocycles. The first-order valence-corrected chi connectivity index (χ1v) is 32.7. The fourth-order valence-corrected chi connectivity index (χ4v) is 16.8. The molecule has 656 valence electrons. The van der Waals surface area contributed by atoms with Gasteiger partial charge in [-0.3, -0.25) is 0 Å². The molecule has 0 aromatic heterocycles. The second kappa shape index (κ2) is 26.8. The Bertz CT molecular complexity index is 7070. The van der Waals surface area contributed by atoms with Crippen molar-refractivity contribution in [1.82, 2.24) is 0 Å². The number of hydrogen-bond acceptors (Lipinski definition) is 0. The van der Waals surface area contributed by atoms with Gasteiger partial charge in [0.15, 0.2) is 209 Å². The van der Waals surface area contributed by atoms with Crippen LogP contribution in [0.4, 0.5) is 221 Å². The molecule has 0 saturated carbocycles. The Balaban J connectivity index is 0.000000405. The van der Waals surface area contributed by atoms with Crippen molar-refractivity contribution in [2.75, 3.05) is 7.05 Å². The number of benzene rings is 17. The maximum absolute atomic E-state index is 19.3. The third kappa shape index (κ3) is 9.97. The highest BCUT2D eigenvalue weighted by molar-refractivity contribution is 7.23. The third-order valence-corrected chi connectivity index (χ3v) is 21.8. The summed E-state index contributed by atoms with van der Waals surface area (Å²) in [7, 11) is -0.182. The van der Waals surface area contributed by atoms with Crippen LogP contribution in [0.25, 0.3) is 129 Å². The molecule has 0 spiro atoms. The molecule has 1 N–H and O–H groups in total. The van der Waals surface area contributed by atoms with Gasteiger partial charge in [0.25, 0.3) is 0 Å². The van der Waals surface area contributed by atoms with E-state index in [-0.39, 0.29) is 7.05 Å². The van der Waals surface area contributed by atoms with Crippen molar-refractivity contribution < 1.29 is 220 Å². The Morgan fingerprint density at radius 3 is 0.492 bits per heavy atom. The molecule has 126 heavy (non-hydrogen) atoms. The van der Waals surface area contributed by atoms with E-state index in [0.717, 1.165) is 0 Å². The van der Waals surface area contributed by atoms with E-state index in [1.807, 2.05) is 0 Å². The largest absolute Gasteiger partial charge is 0.515 e. The van der Waals surface area contributed by atoms with E-state index in [1.165, 1.54) is 0 Å². The zero-order valence-corrected chi connectivity index (χ0v) is 57.7. The second-order valence-electron chi connectivity index (χ2n) is 27.5. The molecule has 1 nitrogen and oxygen atoms in total. The lowest BCUT2D eigenvalue weighted by Crippen LogP contribution is -3.14. The fourth-order valence-electron chi connectivity index (χ4n) is 16.8. The summed E-state index contributed by atoms with van der Waals surface area (Å²) in [6, 6.07) is -6.58. The molecule has 0 saturated heterocycles. The minimum atomic E-state index is -8.50. The Hall–Kier alpha value is -12.5. The van der Waals surface area contributed by atoms with E-state index in [2.05, 4.69) is 0 Å². The molecular formula is C75H5BF49N. The van der Waals surface area contributed by atoms with Crippen molar-refractivity contribution in [3.05, 3.63) is 239 Å². The highest BCUT2D eigenvalue weighted by Gasteiger charge is 2.68. The van der Waals surface area contributed by atoms with E-state index in [1.54, 1.807) is 0 Å². The van der Waals surface area contributed by atoms with Crippen LogP contribution in [-0.2, 0) is 5.92 Å². The smallest absolute Gasteiger partial charge is 0.233 e. The maximum atomic E-state index is 19.3. The summed E-state index contributed by atoms with van der Waals surface area (Å²) in [6.45, 7) is 0. The van der Waals surface area contributed by atoms with Gasteiger partial charge in [-0.15, -0.1) is 30.6 Å². The van der Waals surface area contributed by atoms with Crippen LogP contribution in [0.1, 0.15) is 5.56 Å². The van der Waals surface area contributed by atoms with Crippen LogP contribution in [0, 0.1) is 227 Å². The number of nitrogens with one attached hydrogen (secondary N) is 1. The first-order valence-electron chi connectivity index (χ1n) is 32.7. The summed E-state index contributed by atoms with van der Waals surface area (Å²) in [5.74, 6) is -145. The molecule has 0 aliphatic carbocycles. The first-order chi connectivity index (χ1) is 58.1. The number of quaternary nitrogens is 1. The molecule has 51 heteroatoms. The van der Waals surface area contributed by atoms with E-state index < -0.39 is 431 Å². The van der Waals surface area contributed by atoms with Crippen LogP contribution in [0.3, 0.4) is 0 Å². The molecule has 17 aromatic carbocycles. The molecule has 1 atom stereocenters. The summed E-state index contributed by atoms with van der Waals surface area (Å²) >= 11 is 0. The van der Waals surface area contributed by atoms with Crippen molar-refractivity contribution >= 4 is 163 Å². The van der Waals surface area contributed by atoms with Crippen LogP contribution < -0.4 is 26.8 Å². The number of alkyl halides is 10. The SMILES string of the molecule is C[NH+](c1cc(F)c(F)c(C(F)(F)C(F)(F)F)c1F)C(F)(F)C(F)(F)F.Fc1c(F)c2c(F)c(F)c3c(F)c(F)c([B-](c4c(F)c(F)c5c(F)c(F)c6c(F)c(F)c(F)c7c(F)c(F)c4c5c67)(c4c(F)c(F)c5c(F)c(F)c6c(F)c(F)c(F)c7c(F)c(F)c4c5c67)c4c(F)c(F)c5c(F)c(F)c6c(F)c(F)c(F)c7c(F)c(F)c4c5c67)c4c(F)c(F)c(c1F)c2c34. The molecule has 0 bridgehead atoms. The second-order valence-corrected chi connectivity index (χ2v) is 27.5. The van der Waals surface area contributed by atoms with Gasteiger partial charge in [0.1, 0.15) is 35.0 Å². The van der Waals surface area contributed by atoms with Crippen molar-refractivity contribution in [2.45, 2.75) is 24.3 Å². The van der Waals surface area contributed by atoms with E-state index >= 15 is 158 Å². The summed E-state index contributed by atoms with van der Waals surface area (Å²) in [4.78, 5) is -2.43. The van der Waals surface area contributed by atoms with Crippen LogP contribution >= 0.6 is 0 Å². The van der Waals surface area contributed by atoms with Crippen LogP contribution in [0.5, 0.6) is 0 Å². The normalized spacial score (nSPS) is 13.4. The van der Waals surface area contributed by atoms with E-state index in [0.29, 0.717) is 0 Å². The zero-order valence-electron chi connectivity index (χ0n) is 57.7. The molecule has 0 amide bonds. The van der Waals surface area contributed by atoms with Gasteiger partial charge in [-0.2, -0.15) is 39.5 Å². The number of halogens is 49. The maximum Gasteiger partial charge on any atom is 0.515 e. The average molecular weight is 1860 g/mol. The number of rotatable bonds is 7. The molecule has 17 rings (SSSR count). The van der Waals surface area contributed by atoms with Crippen LogP contribution in [0.15, 0.2) is 6.07 Å². The Labute approximate surface area is 651 Å². The standard InChI is InChI=1S/C64BF36.C11H4F13N/c66-29-9-1-5-17(33(29)70)49(86)61(98)53(90)21(5)41(78)37(74)13(1)45(82)57(94)25(9)65(26-10-2-6-18(34(71)30(10)67)50(87)62(99)54(91)22(6)42(79)38(75)14(2)46(83)58(26)95,27-11-3-7-19(35(72)31(11)68)51(88)63(100)55(92)23(7)43(80)39(76)15(3)47(84)59(27)96)28-12-4-8-20(36(73)32(12)69)52(89)64(101)56(93)24(8)44(81)40(77)16(4)48(85)60(28)97;1-25(11(23,24)10(20,21)22)4-2-3(12)6(13)5(7(4)14)8(15,16)9(17,18)19/h;2H,1H3/q-1;/p+1. The molecule has 17 aromatic rings. The van der Waals surface area contributed by atoms with Crippen molar-refractivity contribution in [3.8, 4) is 0 Å². The van der Waals surface area contributed by atoms with Crippen molar-refractivity contribution in [3.63, 3.8) is 0 Å². The lowest BCUT2D eigenvalue weighted by molar-refractivity contribution is -0.934.